The fourth-order valence-electron chi connectivity index (χ4n) is 1.77. The normalized spacial score (nSPS) is 10.4. The maximum atomic E-state index is 5.68. The van der Waals surface area contributed by atoms with Crippen molar-refractivity contribution in [3.8, 4) is 0 Å². The summed E-state index contributed by atoms with van der Waals surface area (Å²) in [5.41, 5.74) is 3.17. The molecule has 1 aromatic heterocycles. The Hall–Kier alpha value is -1.39. The Labute approximate surface area is 122 Å². The van der Waals surface area contributed by atoms with Crippen molar-refractivity contribution in [3.63, 3.8) is 0 Å². The van der Waals surface area contributed by atoms with E-state index in [4.69, 9.17) is 4.74 Å². The number of nitrogens with zero attached hydrogens (tertiary/aromatic N) is 1. The molecule has 4 heteroatoms. The molecule has 2 aromatic rings. The largest absolute Gasteiger partial charge is 0.385 e. The van der Waals surface area contributed by atoms with Crippen LogP contribution in [0, 0.1) is 0 Å². The van der Waals surface area contributed by atoms with E-state index in [9.17, 15) is 0 Å². The summed E-state index contributed by atoms with van der Waals surface area (Å²) in [5, 5.41) is 3.26. The van der Waals surface area contributed by atoms with Crippen LogP contribution in [-0.2, 0) is 18.0 Å². The van der Waals surface area contributed by atoms with Crippen molar-refractivity contribution in [2.45, 2.75) is 20.1 Å². The van der Waals surface area contributed by atoms with Gasteiger partial charge in [-0.3, -0.25) is 4.98 Å². The molecule has 0 unspecified atom stereocenters. The molecule has 0 bridgehead atoms. The van der Waals surface area contributed by atoms with Gasteiger partial charge in [-0.15, -0.1) is 0 Å². The molecule has 0 fully saturated rings. The molecule has 0 saturated carbocycles. The fraction of sp³-hybridized carbons (Fsp3) is 0.267. The predicted molar refractivity (Wildman–Crippen MR) is 81.0 cm³/mol. The zero-order chi connectivity index (χ0) is 13.5. The number of halogens is 1. The lowest BCUT2D eigenvalue weighted by Gasteiger charge is -2.07. The Bertz CT molecular complexity index is 531. The van der Waals surface area contributed by atoms with Crippen LogP contribution in [0.3, 0.4) is 0 Å². The van der Waals surface area contributed by atoms with Gasteiger partial charge in [0, 0.05) is 22.9 Å². The van der Waals surface area contributed by atoms with Gasteiger partial charge in [0.1, 0.15) is 0 Å². The van der Waals surface area contributed by atoms with Crippen LogP contribution in [0.1, 0.15) is 18.2 Å². The fourth-order valence-corrected chi connectivity index (χ4v) is 2.22. The van der Waals surface area contributed by atoms with Crippen molar-refractivity contribution in [1.82, 2.24) is 4.98 Å². The van der Waals surface area contributed by atoms with Gasteiger partial charge < -0.3 is 10.1 Å². The second-order valence-electron chi connectivity index (χ2n) is 4.19. The average molecular weight is 321 g/mol. The summed E-state index contributed by atoms with van der Waals surface area (Å²) >= 11 is 3.45. The van der Waals surface area contributed by atoms with Crippen molar-refractivity contribution in [1.29, 1.82) is 0 Å². The average Bonchev–Trinajstić information content (AvgIpc) is 2.40. The number of hydrogen-bond acceptors (Lipinski definition) is 3. The first kappa shape index (κ1) is 14.0. The topological polar surface area (TPSA) is 34.2 Å². The number of ether oxygens (including phenoxy) is 1. The lowest BCUT2D eigenvalue weighted by atomic mass is 10.2. The third-order valence-corrected chi connectivity index (χ3v) is 3.10. The number of rotatable bonds is 6. The summed E-state index contributed by atoms with van der Waals surface area (Å²) in [6, 6.07) is 12.1. The third-order valence-electron chi connectivity index (χ3n) is 2.61. The molecule has 0 aliphatic heterocycles. The molecule has 0 aliphatic rings. The van der Waals surface area contributed by atoms with Crippen molar-refractivity contribution in [2.24, 2.45) is 0 Å². The molecule has 2 rings (SSSR count). The Morgan fingerprint density at radius 2 is 2.11 bits per heavy atom. The number of anilines is 1. The molecule has 0 saturated heterocycles. The van der Waals surface area contributed by atoms with E-state index in [0.29, 0.717) is 13.2 Å². The predicted octanol–water partition coefficient (Wildman–Crippen LogP) is 3.99. The number of hydrogen-bond donors (Lipinski definition) is 1. The highest BCUT2D eigenvalue weighted by molar-refractivity contribution is 9.10. The van der Waals surface area contributed by atoms with Crippen LogP contribution < -0.4 is 5.32 Å². The van der Waals surface area contributed by atoms with Crippen LogP contribution in [0.15, 0.2) is 47.1 Å². The number of benzene rings is 1. The first-order valence-electron chi connectivity index (χ1n) is 6.29. The minimum Gasteiger partial charge on any atom is -0.385 e. The van der Waals surface area contributed by atoms with Gasteiger partial charge in [-0.1, -0.05) is 28.1 Å². The van der Waals surface area contributed by atoms with E-state index < -0.39 is 0 Å². The summed E-state index contributed by atoms with van der Waals surface area (Å²) in [5.74, 6) is 0. The lowest BCUT2D eigenvalue weighted by molar-refractivity contribution is 0.104. The van der Waals surface area contributed by atoms with Crippen LogP contribution in [0.5, 0.6) is 0 Å². The van der Waals surface area contributed by atoms with Gasteiger partial charge in [-0.2, -0.15) is 0 Å². The third kappa shape index (κ3) is 4.65. The van der Waals surface area contributed by atoms with E-state index in [1.807, 2.05) is 30.3 Å². The summed E-state index contributed by atoms with van der Waals surface area (Å²) in [4.78, 5) is 4.30. The minimum absolute atomic E-state index is 0.520. The monoisotopic (exact) mass is 320 g/mol. The molecular weight excluding hydrogens is 304 g/mol. The second-order valence-corrected chi connectivity index (χ2v) is 5.10. The van der Waals surface area contributed by atoms with Gasteiger partial charge in [0.05, 0.1) is 18.9 Å². The lowest BCUT2D eigenvalue weighted by Crippen LogP contribution is -2.00. The molecule has 0 atom stereocenters. The Balaban J connectivity index is 1.87. The van der Waals surface area contributed by atoms with E-state index in [-0.39, 0.29) is 0 Å². The van der Waals surface area contributed by atoms with Crippen LogP contribution in [0.4, 0.5) is 5.69 Å². The summed E-state index contributed by atoms with van der Waals surface area (Å²) in [7, 11) is 0. The molecule has 0 radical (unpaired) electrons. The summed E-state index contributed by atoms with van der Waals surface area (Å²) < 4.78 is 6.75. The molecular formula is C15H17BrN2O. The molecule has 1 aromatic carbocycles. The quantitative estimate of drug-likeness (QED) is 0.873. The smallest absolute Gasteiger partial charge is 0.0893 e. The van der Waals surface area contributed by atoms with Gasteiger partial charge in [0.25, 0.3) is 0 Å². The Morgan fingerprint density at radius 3 is 2.89 bits per heavy atom. The molecule has 0 amide bonds. The van der Waals surface area contributed by atoms with E-state index in [1.54, 1.807) is 6.20 Å². The van der Waals surface area contributed by atoms with Crippen LogP contribution in [-0.4, -0.2) is 11.5 Å². The van der Waals surface area contributed by atoms with Crippen LogP contribution in [0.25, 0.3) is 0 Å². The molecule has 0 aliphatic carbocycles. The van der Waals surface area contributed by atoms with E-state index in [0.717, 1.165) is 28.0 Å². The molecule has 0 spiro atoms. The highest BCUT2D eigenvalue weighted by Crippen LogP contribution is 2.13. The first-order valence-corrected chi connectivity index (χ1v) is 7.08. The van der Waals surface area contributed by atoms with Gasteiger partial charge in [-0.25, -0.2) is 0 Å². The number of pyridine rings is 1. The first-order chi connectivity index (χ1) is 9.28. The van der Waals surface area contributed by atoms with Crippen molar-refractivity contribution in [3.05, 3.63) is 58.3 Å². The number of aromatic nitrogens is 1. The second kappa shape index (κ2) is 7.26. The van der Waals surface area contributed by atoms with Gasteiger partial charge in [-0.05, 0) is 36.8 Å². The summed E-state index contributed by atoms with van der Waals surface area (Å²) in [6.07, 6.45) is 1.80. The maximum absolute atomic E-state index is 5.68. The highest BCUT2D eigenvalue weighted by atomic mass is 79.9. The van der Waals surface area contributed by atoms with E-state index >= 15 is 0 Å². The Kier molecular flexibility index (Phi) is 5.36. The molecule has 100 valence electrons. The van der Waals surface area contributed by atoms with Crippen molar-refractivity contribution in [2.75, 3.05) is 11.9 Å². The highest BCUT2D eigenvalue weighted by Gasteiger charge is 1.99. The van der Waals surface area contributed by atoms with Crippen LogP contribution in [0.2, 0.25) is 0 Å². The molecule has 19 heavy (non-hydrogen) atoms. The van der Waals surface area contributed by atoms with Gasteiger partial charge >= 0.3 is 0 Å². The zero-order valence-electron chi connectivity index (χ0n) is 10.9. The number of nitrogens with one attached hydrogen (secondary N) is 1. The standard InChI is InChI=1S/C15H17BrN2O/c1-2-17-14-6-7-18-15(9-14)11-19-10-12-4-3-5-13(16)8-12/h3-9H,2,10-11H2,1H3,(H,17,18). The van der Waals surface area contributed by atoms with Gasteiger partial charge in [0.2, 0.25) is 0 Å². The zero-order valence-corrected chi connectivity index (χ0v) is 12.5. The van der Waals surface area contributed by atoms with Crippen LogP contribution >= 0.6 is 15.9 Å². The van der Waals surface area contributed by atoms with Crippen molar-refractivity contribution >= 4 is 21.6 Å². The summed E-state index contributed by atoms with van der Waals surface area (Å²) in [6.45, 7) is 4.09. The van der Waals surface area contributed by atoms with Crippen molar-refractivity contribution < 1.29 is 4.74 Å². The molecule has 1 heterocycles. The minimum atomic E-state index is 0.520. The Morgan fingerprint density at radius 1 is 1.21 bits per heavy atom. The van der Waals surface area contributed by atoms with Gasteiger partial charge in [0.15, 0.2) is 0 Å². The molecule has 3 nitrogen and oxygen atoms in total. The maximum Gasteiger partial charge on any atom is 0.0893 e. The van der Waals surface area contributed by atoms with E-state index in [1.165, 1.54) is 0 Å². The SMILES string of the molecule is CCNc1ccnc(COCc2cccc(Br)c2)c1. The van der Waals surface area contributed by atoms with E-state index in [2.05, 4.69) is 39.2 Å². The molecule has 1 N–H and O–H groups in total.